The third-order valence-electron chi connectivity index (χ3n) is 3.91. The van der Waals surface area contributed by atoms with Gasteiger partial charge in [-0.25, -0.2) is 9.18 Å². The lowest BCUT2D eigenvalue weighted by Crippen LogP contribution is -2.44. The van der Waals surface area contributed by atoms with Gasteiger partial charge in [0, 0.05) is 13.1 Å². The van der Waals surface area contributed by atoms with Gasteiger partial charge in [0.15, 0.2) is 0 Å². The van der Waals surface area contributed by atoms with Crippen molar-refractivity contribution < 1.29 is 14.3 Å². The van der Waals surface area contributed by atoms with Gasteiger partial charge in [0.1, 0.15) is 5.82 Å². The number of nitrogens with one attached hydrogen (secondary N) is 2. The molecule has 0 heterocycles. The van der Waals surface area contributed by atoms with Crippen molar-refractivity contribution in [2.75, 3.05) is 27.2 Å². The number of hydrogen-bond donors (Lipinski definition) is 3. The molecule has 2 atom stereocenters. The second-order valence-electron chi connectivity index (χ2n) is 7.31. The predicted octanol–water partition coefficient (Wildman–Crippen LogP) is 2.52. The average Bonchev–Trinajstić information content (AvgIpc) is 2.45. The summed E-state index contributed by atoms with van der Waals surface area (Å²) in [4.78, 5) is 14.0. The van der Waals surface area contributed by atoms with E-state index in [1.165, 1.54) is 12.1 Å². The second-order valence-corrected chi connectivity index (χ2v) is 7.31. The van der Waals surface area contributed by atoms with Crippen LogP contribution in [0.3, 0.4) is 0 Å². The molecular formula is C18H30FN3O2. The van der Waals surface area contributed by atoms with Crippen molar-refractivity contribution in [3.63, 3.8) is 0 Å². The number of rotatable bonds is 8. The topological polar surface area (TPSA) is 64.6 Å². The Balaban J connectivity index is 2.52. The molecule has 0 aliphatic carbocycles. The fraction of sp³-hybridized carbons (Fsp3) is 0.611. The highest BCUT2D eigenvalue weighted by atomic mass is 19.1. The number of halogens is 1. The SMILES string of the molecule is CC(O)CC(C)(C)CNC(=O)NCC(c1ccc(F)cc1)N(C)C. The molecule has 3 N–H and O–H groups in total. The number of nitrogens with zero attached hydrogens (tertiary/aromatic N) is 1. The fourth-order valence-corrected chi connectivity index (χ4v) is 2.73. The van der Waals surface area contributed by atoms with Gasteiger partial charge < -0.3 is 20.6 Å². The van der Waals surface area contributed by atoms with Crippen LogP contribution in [0.25, 0.3) is 0 Å². The van der Waals surface area contributed by atoms with Crippen molar-refractivity contribution in [1.29, 1.82) is 0 Å². The van der Waals surface area contributed by atoms with Gasteiger partial charge in [-0.05, 0) is 50.6 Å². The summed E-state index contributed by atoms with van der Waals surface area (Å²) in [5, 5.41) is 15.2. The molecular weight excluding hydrogens is 309 g/mol. The molecule has 1 aromatic carbocycles. The van der Waals surface area contributed by atoms with Crippen molar-refractivity contribution in [2.24, 2.45) is 5.41 Å². The van der Waals surface area contributed by atoms with Crippen molar-refractivity contribution in [1.82, 2.24) is 15.5 Å². The van der Waals surface area contributed by atoms with E-state index >= 15 is 0 Å². The number of hydrogen-bond acceptors (Lipinski definition) is 3. The molecule has 0 bridgehead atoms. The molecule has 6 heteroatoms. The number of aliphatic hydroxyl groups is 1. The zero-order chi connectivity index (χ0) is 18.3. The Labute approximate surface area is 144 Å². The van der Waals surface area contributed by atoms with E-state index in [0.29, 0.717) is 19.5 Å². The lowest BCUT2D eigenvalue weighted by molar-refractivity contribution is 0.128. The molecule has 0 saturated carbocycles. The number of urea groups is 1. The maximum absolute atomic E-state index is 13.1. The Morgan fingerprint density at radius 1 is 1.25 bits per heavy atom. The van der Waals surface area contributed by atoms with Gasteiger partial charge in [0.05, 0.1) is 12.1 Å². The molecule has 0 spiro atoms. The summed E-state index contributed by atoms with van der Waals surface area (Å²) < 4.78 is 13.1. The van der Waals surface area contributed by atoms with Crippen LogP contribution >= 0.6 is 0 Å². The molecule has 24 heavy (non-hydrogen) atoms. The normalized spacial score (nSPS) is 14.3. The third kappa shape index (κ3) is 7.27. The summed E-state index contributed by atoms with van der Waals surface area (Å²) in [6.45, 7) is 6.64. The highest BCUT2D eigenvalue weighted by molar-refractivity contribution is 5.73. The minimum absolute atomic E-state index is 0.0400. The lowest BCUT2D eigenvalue weighted by atomic mass is 9.87. The van der Waals surface area contributed by atoms with Crippen LogP contribution in [0, 0.1) is 11.2 Å². The van der Waals surface area contributed by atoms with Crippen LogP contribution < -0.4 is 10.6 Å². The molecule has 2 amide bonds. The van der Waals surface area contributed by atoms with E-state index < -0.39 is 6.10 Å². The quantitative estimate of drug-likeness (QED) is 0.682. The molecule has 0 aliphatic rings. The van der Waals surface area contributed by atoms with Crippen LogP contribution in [0.15, 0.2) is 24.3 Å². The number of aliphatic hydroxyl groups excluding tert-OH is 1. The van der Waals surface area contributed by atoms with Gasteiger partial charge in [-0.1, -0.05) is 26.0 Å². The summed E-state index contributed by atoms with van der Waals surface area (Å²) in [6, 6.07) is 6.01. The Morgan fingerprint density at radius 2 is 1.83 bits per heavy atom. The number of likely N-dealkylation sites (N-methyl/N-ethyl adjacent to an activating group) is 1. The monoisotopic (exact) mass is 339 g/mol. The molecule has 2 unspecified atom stereocenters. The summed E-state index contributed by atoms with van der Waals surface area (Å²) in [6.07, 6.45) is 0.213. The molecule has 1 rings (SSSR count). The first-order valence-corrected chi connectivity index (χ1v) is 8.22. The van der Waals surface area contributed by atoms with Crippen molar-refractivity contribution >= 4 is 6.03 Å². The Hall–Kier alpha value is -1.66. The van der Waals surface area contributed by atoms with Crippen LogP contribution in [0.5, 0.6) is 0 Å². The van der Waals surface area contributed by atoms with E-state index in [9.17, 15) is 14.3 Å². The van der Waals surface area contributed by atoms with Crippen LogP contribution in [-0.2, 0) is 0 Å². The first-order chi connectivity index (χ1) is 11.1. The molecule has 0 fully saturated rings. The molecule has 1 aromatic rings. The van der Waals surface area contributed by atoms with Crippen LogP contribution in [0.4, 0.5) is 9.18 Å². The third-order valence-corrected chi connectivity index (χ3v) is 3.91. The van der Waals surface area contributed by atoms with E-state index in [-0.39, 0.29) is 23.3 Å². The summed E-state index contributed by atoms with van der Waals surface area (Å²) >= 11 is 0. The lowest BCUT2D eigenvalue weighted by Gasteiger charge is -2.28. The van der Waals surface area contributed by atoms with Gasteiger partial charge in [-0.15, -0.1) is 0 Å². The first kappa shape index (κ1) is 20.4. The van der Waals surface area contributed by atoms with Gasteiger partial charge in [0.25, 0.3) is 0 Å². The van der Waals surface area contributed by atoms with Crippen LogP contribution in [-0.4, -0.2) is 49.3 Å². The van der Waals surface area contributed by atoms with Crippen molar-refractivity contribution in [3.05, 3.63) is 35.6 Å². The standard InChI is InChI=1S/C18H30FN3O2/c1-13(23)10-18(2,3)12-21-17(24)20-11-16(22(4)5)14-6-8-15(19)9-7-14/h6-9,13,16,23H,10-12H2,1-5H3,(H2,20,21,24). The summed E-state index contributed by atoms with van der Waals surface area (Å²) in [5.41, 5.74) is 0.764. The molecule has 0 aliphatic heterocycles. The van der Waals surface area contributed by atoms with Gasteiger partial charge in [-0.2, -0.15) is 0 Å². The van der Waals surface area contributed by atoms with E-state index in [4.69, 9.17) is 0 Å². The van der Waals surface area contributed by atoms with Gasteiger partial charge >= 0.3 is 6.03 Å². The number of amides is 2. The maximum atomic E-state index is 13.1. The fourth-order valence-electron chi connectivity index (χ4n) is 2.73. The summed E-state index contributed by atoms with van der Waals surface area (Å²) in [5.74, 6) is -0.276. The predicted molar refractivity (Wildman–Crippen MR) is 94.3 cm³/mol. The van der Waals surface area contributed by atoms with Crippen LogP contribution in [0.2, 0.25) is 0 Å². The first-order valence-electron chi connectivity index (χ1n) is 8.22. The Bertz CT molecular complexity index is 516. The molecule has 0 saturated heterocycles. The number of carbonyl (C=O) groups excluding carboxylic acids is 1. The van der Waals surface area contributed by atoms with E-state index in [1.807, 2.05) is 32.8 Å². The smallest absolute Gasteiger partial charge is 0.314 e. The average molecular weight is 339 g/mol. The number of carbonyl (C=O) groups is 1. The molecule has 5 nitrogen and oxygen atoms in total. The summed E-state index contributed by atoms with van der Waals surface area (Å²) in [7, 11) is 3.83. The van der Waals surface area contributed by atoms with Crippen molar-refractivity contribution in [2.45, 2.75) is 39.3 Å². The maximum Gasteiger partial charge on any atom is 0.314 e. The highest BCUT2D eigenvalue weighted by Crippen LogP contribution is 2.21. The highest BCUT2D eigenvalue weighted by Gasteiger charge is 2.21. The van der Waals surface area contributed by atoms with E-state index in [0.717, 1.165) is 5.56 Å². The largest absolute Gasteiger partial charge is 0.393 e. The van der Waals surface area contributed by atoms with Crippen molar-refractivity contribution in [3.8, 4) is 0 Å². The Morgan fingerprint density at radius 3 is 2.33 bits per heavy atom. The minimum atomic E-state index is -0.401. The number of benzene rings is 1. The Kier molecular flexibility index (Phi) is 7.63. The van der Waals surface area contributed by atoms with E-state index in [2.05, 4.69) is 10.6 Å². The van der Waals surface area contributed by atoms with Crippen LogP contribution in [0.1, 0.15) is 38.8 Å². The zero-order valence-corrected chi connectivity index (χ0v) is 15.3. The molecule has 0 radical (unpaired) electrons. The molecule has 0 aromatic heterocycles. The molecule has 136 valence electrons. The van der Waals surface area contributed by atoms with Gasteiger partial charge in [-0.3, -0.25) is 0 Å². The van der Waals surface area contributed by atoms with E-state index in [1.54, 1.807) is 19.1 Å². The minimum Gasteiger partial charge on any atom is -0.393 e. The zero-order valence-electron chi connectivity index (χ0n) is 15.3. The van der Waals surface area contributed by atoms with Gasteiger partial charge in [0.2, 0.25) is 0 Å². The second kappa shape index (κ2) is 8.99.